The zero-order valence-electron chi connectivity index (χ0n) is 44.7. The molecule has 0 amide bonds. The lowest BCUT2D eigenvalue weighted by Gasteiger charge is -2.32. The first-order valence-corrected chi connectivity index (χ1v) is 26.2. The van der Waals surface area contributed by atoms with Crippen LogP contribution < -0.4 is 18.1 Å². The summed E-state index contributed by atoms with van der Waals surface area (Å²) in [5.74, 6) is 1.05. The van der Waals surface area contributed by atoms with Crippen molar-refractivity contribution in [2.75, 3.05) is 0 Å². The van der Waals surface area contributed by atoms with Crippen molar-refractivity contribution < 1.29 is 31.5 Å². The van der Waals surface area contributed by atoms with E-state index in [1.807, 2.05) is 24.3 Å². The van der Waals surface area contributed by atoms with Gasteiger partial charge < -0.3 is 18.1 Å². The van der Waals surface area contributed by atoms with Crippen LogP contribution in [0, 0.1) is 0 Å². The second-order valence-corrected chi connectivity index (χ2v) is 29.4. The molecule has 0 aliphatic carbocycles. The number of benzene rings is 4. The minimum Gasteiger partial charge on any atom is -0.394 e. The Morgan fingerprint density at radius 2 is 0.446 bits per heavy atom. The fourth-order valence-corrected chi connectivity index (χ4v) is 10.5. The molecule has 0 aliphatic rings. The maximum Gasteiger partial charge on any atom is 0.598 e. The standard InChI is InChI=1S/C56H84O7P2/c1-49(2,3)37-25-29-45(41(33-37)53(13,14)15)59-64(57,60-46-30-26-38(50(4,5)6)34-42(46)54(16,17)18)63-65(58,61-47-31-27-39(51(7,8)9)35-43(47)55(19,20)21)62-48-32-28-40(52(10,11)12)36-44(48)56(22,23)24/h25-36H,1-24H3. The third kappa shape index (κ3) is 13.8. The largest absolute Gasteiger partial charge is 0.598 e. The van der Waals surface area contributed by atoms with Crippen molar-refractivity contribution in [3.8, 4) is 23.0 Å². The summed E-state index contributed by atoms with van der Waals surface area (Å²) >= 11 is 0. The molecule has 0 fully saturated rings. The van der Waals surface area contributed by atoms with Crippen LogP contribution in [0.15, 0.2) is 72.8 Å². The lowest BCUT2D eigenvalue weighted by molar-refractivity contribution is 0.239. The van der Waals surface area contributed by atoms with Gasteiger partial charge in [0, 0.05) is 22.3 Å². The van der Waals surface area contributed by atoms with Crippen LogP contribution in [0.5, 0.6) is 23.0 Å². The van der Waals surface area contributed by atoms with Crippen molar-refractivity contribution in [1.29, 1.82) is 0 Å². The molecule has 4 aromatic carbocycles. The van der Waals surface area contributed by atoms with Crippen LogP contribution in [-0.4, -0.2) is 0 Å². The first-order chi connectivity index (χ1) is 28.9. The molecule has 7 nitrogen and oxygen atoms in total. The Morgan fingerprint density at radius 3 is 0.585 bits per heavy atom. The van der Waals surface area contributed by atoms with Gasteiger partial charge in [0.05, 0.1) is 0 Å². The Hall–Kier alpha value is -3.50. The molecule has 0 aliphatic heterocycles. The summed E-state index contributed by atoms with van der Waals surface area (Å²) in [5, 5.41) is 0. The van der Waals surface area contributed by atoms with Crippen molar-refractivity contribution in [2.45, 2.75) is 209 Å². The Bertz CT molecular complexity index is 2110. The van der Waals surface area contributed by atoms with Gasteiger partial charge in [-0.15, -0.1) is 4.31 Å². The van der Waals surface area contributed by atoms with Crippen molar-refractivity contribution in [2.24, 2.45) is 0 Å². The van der Waals surface area contributed by atoms with E-state index < -0.39 is 37.3 Å². The highest BCUT2D eigenvalue weighted by Crippen LogP contribution is 2.66. The van der Waals surface area contributed by atoms with Crippen molar-refractivity contribution in [3.63, 3.8) is 0 Å². The zero-order valence-corrected chi connectivity index (χ0v) is 46.5. The van der Waals surface area contributed by atoms with Crippen molar-refractivity contribution >= 4 is 15.6 Å². The second-order valence-electron chi connectivity index (χ2n) is 26.2. The van der Waals surface area contributed by atoms with E-state index in [4.69, 9.17) is 22.4 Å². The summed E-state index contributed by atoms with van der Waals surface area (Å²) in [5.41, 5.74) is 4.69. The molecule has 0 aromatic heterocycles. The summed E-state index contributed by atoms with van der Waals surface area (Å²) in [7, 11) is -10.1. The molecule has 0 atom stereocenters. The quantitative estimate of drug-likeness (QED) is 0.147. The predicted molar refractivity (Wildman–Crippen MR) is 274 cm³/mol. The van der Waals surface area contributed by atoms with Crippen molar-refractivity contribution in [1.82, 2.24) is 0 Å². The zero-order chi connectivity index (χ0) is 49.9. The van der Waals surface area contributed by atoms with E-state index in [0.717, 1.165) is 44.5 Å². The Morgan fingerprint density at radius 1 is 0.277 bits per heavy atom. The Labute approximate surface area is 395 Å². The van der Waals surface area contributed by atoms with E-state index in [-0.39, 0.29) is 44.7 Å². The summed E-state index contributed by atoms with van der Waals surface area (Å²) < 4.78 is 65.6. The second kappa shape index (κ2) is 17.9. The first-order valence-electron chi connectivity index (χ1n) is 23.2. The van der Waals surface area contributed by atoms with Gasteiger partial charge in [-0.25, -0.2) is 9.13 Å². The van der Waals surface area contributed by atoms with Gasteiger partial charge in [0.1, 0.15) is 23.0 Å². The molecule has 0 N–H and O–H groups in total. The number of hydrogen-bond donors (Lipinski definition) is 0. The SMILES string of the molecule is CC(C)(C)c1ccc(OP(=O)(Oc2ccc(C(C)(C)C)cc2C(C)(C)C)OP(=O)(Oc2ccc(C(C)(C)C)cc2C(C)(C)C)Oc2ccc(C(C)(C)C)cc2C(C)(C)C)c(C(C)(C)C)c1. The third-order valence-corrected chi connectivity index (χ3v) is 14.9. The fraction of sp³-hybridized carbons (Fsp3) is 0.571. The minimum atomic E-state index is -5.06. The van der Waals surface area contributed by atoms with Gasteiger partial charge in [0.15, 0.2) is 0 Å². The average molecular weight is 931 g/mol. The van der Waals surface area contributed by atoms with E-state index >= 15 is 9.13 Å². The molecule has 4 aromatic rings. The lowest BCUT2D eigenvalue weighted by Crippen LogP contribution is -2.21. The first kappa shape index (κ1) is 54.1. The van der Waals surface area contributed by atoms with Gasteiger partial charge in [-0.2, -0.15) is 0 Å². The van der Waals surface area contributed by atoms with E-state index in [2.05, 4.69) is 190 Å². The van der Waals surface area contributed by atoms with Gasteiger partial charge in [-0.05, 0) is 89.8 Å². The van der Waals surface area contributed by atoms with Gasteiger partial charge in [0.25, 0.3) is 0 Å². The Kier molecular flexibility index (Phi) is 14.9. The minimum absolute atomic E-state index is 0.191. The topological polar surface area (TPSA) is 80.3 Å². The van der Waals surface area contributed by atoms with Crippen LogP contribution in [-0.2, 0) is 56.8 Å². The van der Waals surface area contributed by atoms with E-state index in [1.54, 1.807) is 24.3 Å². The molecule has 0 bridgehead atoms. The molecule has 0 heterocycles. The van der Waals surface area contributed by atoms with Crippen LogP contribution in [0.25, 0.3) is 0 Å². The van der Waals surface area contributed by atoms with Crippen LogP contribution in [0.1, 0.15) is 211 Å². The van der Waals surface area contributed by atoms with E-state index in [1.165, 1.54) is 0 Å². The van der Waals surface area contributed by atoms with Crippen LogP contribution in [0.2, 0.25) is 0 Å². The average Bonchev–Trinajstić information content (AvgIpc) is 3.08. The molecule has 0 spiro atoms. The molecule has 0 unspecified atom stereocenters. The maximum atomic E-state index is 16.2. The highest BCUT2D eigenvalue weighted by atomic mass is 31.3. The number of phosphoric ester groups is 2. The summed E-state index contributed by atoms with van der Waals surface area (Å²) in [4.78, 5) is 0. The summed E-state index contributed by atoms with van der Waals surface area (Å²) in [6.45, 7) is 50.6. The molecule has 360 valence electrons. The number of hydrogen-bond acceptors (Lipinski definition) is 7. The molecule has 65 heavy (non-hydrogen) atoms. The molecule has 0 saturated heterocycles. The summed E-state index contributed by atoms with van der Waals surface area (Å²) in [6, 6.07) is 23.3. The Balaban J connectivity index is 2.12. The normalized spacial score (nSPS) is 14.0. The highest BCUT2D eigenvalue weighted by molar-refractivity contribution is 7.63. The number of phosphoric acid groups is 2. The predicted octanol–water partition coefficient (Wildman–Crippen LogP) is 17.9. The van der Waals surface area contributed by atoms with Gasteiger partial charge in [-0.1, -0.05) is 215 Å². The van der Waals surface area contributed by atoms with E-state index in [0.29, 0.717) is 0 Å². The molecular weight excluding hydrogens is 847 g/mol. The highest BCUT2D eigenvalue weighted by Gasteiger charge is 2.49. The molecule has 0 saturated carbocycles. The smallest absolute Gasteiger partial charge is 0.394 e. The van der Waals surface area contributed by atoms with Crippen LogP contribution in [0.4, 0.5) is 0 Å². The summed E-state index contributed by atoms with van der Waals surface area (Å²) in [6.07, 6.45) is 0. The van der Waals surface area contributed by atoms with Crippen LogP contribution >= 0.6 is 15.6 Å². The molecule has 0 radical (unpaired) electrons. The molecular formula is C56H84O7P2. The van der Waals surface area contributed by atoms with Gasteiger partial charge >= 0.3 is 15.6 Å². The van der Waals surface area contributed by atoms with Crippen LogP contribution in [0.3, 0.4) is 0 Å². The number of rotatable bonds is 10. The van der Waals surface area contributed by atoms with Gasteiger partial charge in [-0.3, -0.25) is 0 Å². The third-order valence-electron chi connectivity index (χ3n) is 11.7. The monoisotopic (exact) mass is 931 g/mol. The molecule has 9 heteroatoms. The van der Waals surface area contributed by atoms with E-state index in [9.17, 15) is 0 Å². The van der Waals surface area contributed by atoms with Crippen molar-refractivity contribution in [3.05, 3.63) is 117 Å². The maximum absolute atomic E-state index is 16.2. The van der Waals surface area contributed by atoms with Gasteiger partial charge in [0.2, 0.25) is 0 Å². The lowest BCUT2D eigenvalue weighted by atomic mass is 9.80. The fourth-order valence-electron chi connectivity index (χ4n) is 7.36. The molecule has 4 rings (SSSR count).